The molecule has 0 atom stereocenters. The fourth-order valence-electron chi connectivity index (χ4n) is 3.57. The van der Waals surface area contributed by atoms with Crippen LogP contribution < -0.4 is 4.74 Å². The van der Waals surface area contributed by atoms with E-state index >= 15 is 0 Å². The molecule has 0 aromatic heterocycles. The highest BCUT2D eigenvalue weighted by atomic mass is 16.6. The number of hydrogen-bond donors (Lipinski definition) is 0. The smallest absolute Gasteiger partial charge is 0.305 e. The molecular formula is C24H21NO5. The van der Waals surface area contributed by atoms with Gasteiger partial charge in [-0.25, -0.2) is 0 Å². The third kappa shape index (κ3) is 4.03. The zero-order chi connectivity index (χ0) is 20.9. The minimum atomic E-state index is -0.383. The minimum absolute atomic E-state index is 0.119. The number of para-hydroxylation sites is 1. The van der Waals surface area contributed by atoms with E-state index in [0.29, 0.717) is 28.7 Å². The Morgan fingerprint density at radius 3 is 2.13 bits per heavy atom. The third-order valence-corrected chi connectivity index (χ3v) is 4.98. The van der Waals surface area contributed by atoms with Crippen LogP contribution in [0.4, 0.5) is 0 Å². The summed E-state index contributed by atoms with van der Waals surface area (Å²) >= 11 is 0. The predicted molar refractivity (Wildman–Crippen MR) is 111 cm³/mol. The maximum absolute atomic E-state index is 12.8. The van der Waals surface area contributed by atoms with Crippen LogP contribution in [-0.4, -0.2) is 42.4 Å². The molecule has 3 aromatic carbocycles. The van der Waals surface area contributed by atoms with Crippen molar-refractivity contribution in [2.75, 3.05) is 19.8 Å². The topological polar surface area (TPSA) is 72.9 Å². The molecule has 0 bridgehead atoms. The van der Waals surface area contributed by atoms with Gasteiger partial charge in [-0.1, -0.05) is 42.5 Å². The monoisotopic (exact) mass is 403 g/mol. The van der Waals surface area contributed by atoms with Gasteiger partial charge in [0.25, 0.3) is 11.8 Å². The summed E-state index contributed by atoms with van der Waals surface area (Å²) in [6, 6.07) is 20.1. The van der Waals surface area contributed by atoms with Gasteiger partial charge >= 0.3 is 5.97 Å². The molecule has 6 heteroatoms. The quantitative estimate of drug-likeness (QED) is 0.325. The molecule has 0 N–H and O–H groups in total. The molecular weight excluding hydrogens is 382 g/mol. The highest BCUT2D eigenvalue weighted by molar-refractivity contribution is 6.25. The van der Waals surface area contributed by atoms with Gasteiger partial charge in [-0.05, 0) is 36.1 Å². The first-order valence-corrected chi connectivity index (χ1v) is 9.86. The van der Waals surface area contributed by atoms with Crippen LogP contribution in [-0.2, 0) is 9.53 Å². The predicted octanol–water partition coefficient (Wildman–Crippen LogP) is 3.84. The van der Waals surface area contributed by atoms with Crippen LogP contribution in [0.25, 0.3) is 10.8 Å². The van der Waals surface area contributed by atoms with Crippen LogP contribution in [0.5, 0.6) is 5.75 Å². The molecule has 2 amide bonds. The molecule has 0 fully saturated rings. The second kappa shape index (κ2) is 8.78. The maximum atomic E-state index is 12.8. The standard InChI is InChI=1S/C24H21NO5/c26-21(30-16-15-29-18-9-2-1-3-10-18)13-6-14-25-23(27)19-11-4-7-17-8-5-12-20(22(17)19)24(25)28/h1-5,7-12H,6,13-16H2. The minimum Gasteiger partial charge on any atom is -0.490 e. The Hall–Kier alpha value is -3.67. The van der Waals surface area contributed by atoms with Gasteiger partial charge < -0.3 is 9.47 Å². The Bertz CT molecular complexity index is 1040. The SMILES string of the molecule is O=C(CCCN1C(=O)c2cccc3cccc(c23)C1=O)OCCOc1ccccc1. The lowest BCUT2D eigenvalue weighted by Gasteiger charge is -2.27. The van der Waals surface area contributed by atoms with Gasteiger partial charge in [0.15, 0.2) is 0 Å². The maximum Gasteiger partial charge on any atom is 0.305 e. The lowest BCUT2D eigenvalue weighted by Crippen LogP contribution is -2.41. The average Bonchev–Trinajstić information content (AvgIpc) is 2.78. The summed E-state index contributed by atoms with van der Waals surface area (Å²) in [4.78, 5) is 38.8. The summed E-state index contributed by atoms with van der Waals surface area (Å²) in [7, 11) is 0. The average molecular weight is 403 g/mol. The van der Waals surface area contributed by atoms with Gasteiger partial charge in [0.2, 0.25) is 0 Å². The number of carbonyl (C=O) groups excluding carboxylic acids is 3. The molecule has 0 unspecified atom stereocenters. The first-order valence-electron chi connectivity index (χ1n) is 9.86. The van der Waals surface area contributed by atoms with E-state index in [1.165, 1.54) is 4.90 Å². The normalized spacial score (nSPS) is 12.9. The molecule has 0 spiro atoms. The summed E-state index contributed by atoms with van der Waals surface area (Å²) in [5.41, 5.74) is 1.03. The number of rotatable bonds is 8. The van der Waals surface area contributed by atoms with Crippen LogP contribution in [0.2, 0.25) is 0 Å². The van der Waals surface area contributed by atoms with Crippen LogP contribution in [0.3, 0.4) is 0 Å². The Morgan fingerprint density at radius 1 is 0.800 bits per heavy atom. The highest BCUT2D eigenvalue weighted by Crippen LogP contribution is 2.30. The van der Waals surface area contributed by atoms with Gasteiger partial charge in [-0.3, -0.25) is 19.3 Å². The number of amides is 2. The largest absolute Gasteiger partial charge is 0.490 e. The van der Waals surface area contributed by atoms with E-state index in [1.807, 2.05) is 54.6 Å². The second-order valence-corrected chi connectivity index (χ2v) is 6.96. The summed E-state index contributed by atoms with van der Waals surface area (Å²) in [6.07, 6.45) is 0.461. The molecule has 4 rings (SSSR count). The van der Waals surface area contributed by atoms with Crippen LogP contribution in [0.1, 0.15) is 33.6 Å². The number of hydrogen-bond acceptors (Lipinski definition) is 5. The fraction of sp³-hybridized carbons (Fsp3) is 0.208. The molecule has 1 heterocycles. The Morgan fingerprint density at radius 2 is 1.47 bits per heavy atom. The highest BCUT2D eigenvalue weighted by Gasteiger charge is 2.32. The van der Waals surface area contributed by atoms with Crippen LogP contribution >= 0.6 is 0 Å². The van der Waals surface area contributed by atoms with Crippen LogP contribution in [0.15, 0.2) is 66.7 Å². The van der Waals surface area contributed by atoms with Crippen molar-refractivity contribution >= 4 is 28.6 Å². The van der Waals surface area contributed by atoms with Crippen molar-refractivity contribution in [3.05, 3.63) is 77.9 Å². The van der Waals surface area contributed by atoms with Crippen molar-refractivity contribution in [3.8, 4) is 5.75 Å². The molecule has 0 aliphatic carbocycles. The molecule has 6 nitrogen and oxygen atoms in total. The van der Waals surface area contributed by atoms with Crippen molar-refractivity contribution in [2.45, 2.75) is 12.8 Å². The number of nitrogens with zero attached hydrogens (tertiary/aromatic N) is 1. The van der Waals surface area contributed by atoms with Gasteiger partial charge in [-0.15, -0.1) is 0 Å². The first kappa shape index (κ1) is 19.6. The van der Waals surface area contributed by atoms with E-state index in [-0.39, 0.29) is 44.0 Å². The zero-order valence-electron chi connectivity index (χ0n) is 16.4. The number of ether oxygens (including phenoxy) is 2. The first-order chi connectivity index (χ1) is 14.6. The van der Waals surface area contributed by atoms with E-state index in [9.17, 15) is 14.4 Å². The lowest BCUT2D eigenvalue weighted by molar-refractivity contribution is -0.144. The molecule has 0 saturated heterocycles. The van der Waals surface area contributed by atoms with E-state index < -0.39 is 0 Å². The summed E-state index contributed by atoms with van der Waals surface area (Å²) in [6.45, 7) is 0.572. The number of esters is 1. The Balaban J connectivity index is 1.27. The van der Waals surface area contributed by atoms with Crippen LogP contribution in [0, 0.1) is 0 Å². The molecule has 1 aliphatic heterocycles. The van der Waals surface area contributed by atoms with E-state index in [0.717, 1.165) is 5.39 Å². The van der Waals surface area contributed by atoms with E-state index in [2.05, 4.69) is 0 Å². The number of carbonyl (C=O) groups is 3. The second-order valence-electron chi connectivity index (χ2n) is 6.96. The van der Waals surface area contributed by atoms with Crippen molar-refractivity contribution < 1.29 is 23.9 Å². The molecule has 0 saturated carbocycles. The van der Waals surface area contributed by atoms with E-state index in [4.69, 9.17) is 9.47 Å². The zero-order valence-corrected chi connectivity index (χ0v) is 16.4. The van der Waals surface area contributed by atoms with Crippen molar-refractivity contribution in [3.63, 3.8) is 0 Å². The number of benzene rings is 3. The van der Waals surface area contributed by atoms with E-state index in [1.54, 1.807) is 12.1 Å². The molecule has 1 aliphatic rings. The number of imide groups is 1. The lowest BCUT2D eigenvalue weighted by atomic mass is 9.94. The molecule has 30 heavy (non-hydrogen) atoms. The molecule has 0 radical (unpaired) electrons. The van der Waals surface area contributed by atoms with Gasteiger partial charge in [0, 0.05) is 29.5 Å². The summed E-state index contributed by atoms with van der Waals surface area (Å²) < 4.78 is 10.6. The van der Waals surface area contributed by atoms with Crippen molar-refractivity contribution in [1.82, 2.24) is 4.90 Å². The van der Waals surface area contributed by atoms with Gasteiger partial charge in [0.1, 0.15) is 19.0 Å². The van der Waals surface area contributed by atoms with Gasteiger partial charge in [-0.2, -0.15) is 0 Å². The van der Waals surface area contributed by atoms with Gasteiger partial charge in [0.05, 0.1) is 0 Å². The summed E-state index contributed by atoms with van der Waals surface area (Å²) in [5, 5.41) is 1.57. The molecule has 3 aromatic rings. The molecule has 152 valence electrons. The fourth-order valence-corrected chi connectivity index (χ4v) is 3.57. The van der Waals surface area contributed by atoms with Crippen molar-refractivity contribution in [2.24, 2.45) is 0 Å². The Labute approximate surface area is 174 Å². The third-order valence-electron chi connectivity index (χ3n) is 4.98. The Kier molecular flexibility index (Phi) is 5.75. The summed E-state index contributed by atoms with van der Waals surface area (Å²) in [5.74, 6) is -0.320. The van der Waals surface area contributed by atoms with Crippen molar-refractivity contribution in [1.29, 1.82) is 0 Å².